The lowest BCUT2D eigenvalue weighted by Gasteiger charge is -2.18. The predicted octanol–water partition coefficient (Wildman–Crippen LogP) is 3.13. The second-order valence-corrected chi connectivity index (χ2v) is 8.96. The van der Waals surface area contributed by atoms with Crippen molar-refractivity contribution in [1.29, 1.82) is 0 Å². The molecule has 0 fully saturated rings. The fourth-order valence-electron chi connectivity index (χ4n) is 2.97. The molecule has 0 aliphatic carbocycles. The van der Waals surface area contributed by atoms with Gasteiger partial charge in [-0.3, -0.25) is 0 Å². The van der Waals surface area contributed by atoms with Gasteiger partial charge in [-0.25, -0.2) is 17.9 Å². The Labute approximate surface area is 168 Å². The third kappa shape index (κ3) is 4.01. The van der Waals surface area contributed by atoms with Gasteiger partial charge in [-0.15, -0.1) is 11.3 Å². The Balaban J connectivity index is 2.07. The van der Waals surface area contributed by atoms with Crippen molar-refractivity contribution >= 4 is 27.3 Å². The van der Waals surface area contributed by atoms with E-state index in [-0.39, 0.29) is 10.8 Å². The maximum Gasteiger partial charge on any atom is 0.328 e. The van der Waals surface area contributed by atoms with Crippen LogP contribution in [0.25, 0.3) is 5.69 Å². The van der Waals surface area contributed by atoms with Crippen LogP contribution >= 0.6 is 11.3 Å². The summed E-state index contributed by atoms with van der Waals surface area (Å²) in [5.74, 6) is -0.665. The standard InChI is InChI=1S/C19H21N3O4S2/c1-4-26-19(23)18(21-28(24,25)16-11-8-12-27-16)17-13(2)20-22(14(17)3)15-9-6-5-7-10-15/h5-12,18,21H,4H2,1-3H3/t18-/m1/s1. The van der Waals surface area contributed by atoms with Crippen LogP contribution < -0.4 is 4.72 Å². The van der Waals surface area contributed by atoms with Crippen molar-refractivity contribution in [1.82, 2.24) is 14.5 Å². The van der Waals surface area contributed by atoms with Crippen LogP contribution in [0.15, 0.2) is 52.1 Å². The zero-order valence-electron chi connectivity index (χ0n) is 15.7. The number of benzene rings is 1. The molecule has 0 spiro atoms. The number of rotatable bonds is 7. The molecule has 0 bridgehead atoms. The number of aryl methyl sites for hydroxylation is 1. The van der Waals surface area contributed by atoms with Crippen LogP contribution in [0.3, 0.4) is 0 Å². The van der Waals surface area contributed by atoms with E-state index in [9.17, 15) is 13.2 Å². The Morgan fingerprint density at radius 1 is 1.21 bits per heavy atom. The number of thiophene rings is 1. The van der Waals surface area contributed by atoms with Gasteiger partial charge >= 0.3 is 5.97 Å². The number of ether oxygens (including phenoxy) is 1. The minimum atomic E-state index is -3.89. The smallest absolute Gasteiger partial charge is 0.328 e. The van der Waals surface area contributed by atoms with Crippen LogP contribution in [0.2, 0.25) is 0 Å². The zero-order valence-corrected chi connectivity index (χ0v) is 17.4. The topological polar surface area (TPSA) is 90.3 Å². The van der Waals surface area contributed by atoms with Crippen molar-refractivity contribution in [2.24, 2.45) is 0 Å². The molecule has 7 nitrogen and oxygen atoms in total. The molecule has 1 atom stereocenters. The lowest BCUT2D eigenvalue weighted by molar-refractivity contribution is -0.145. The highest BCUT2D eigenvalue weighted by Crippen LogP contribution is 2.28. The van der Waals surface area contributed by atoms with Crippen molar-refractivity contribution in [2.75, 3.05) is 6.61 Å². The first-order valence-corrected chi connectivity index (χ1v) is 11.1. The molecular weight excluding hydrogens is 398 g/mol. The Kier molecular flexibility index (Phi) is 5.97. The second kappa shape index (κ2) is 8.26. The maximum absolute atomic E-state index is 12.7. The monoisotopic (exact) mass is 419 g/mol. The fourth-order valence-corrected chi connectivity index (χ4v) is 5.14. The van der Waals surface area contributed by atoms with Crippen LogP contribution in [0, 0.1) is 13.8 Å². The third-order valence-corrected chi connectivity index (χ3v) is 7.01. The van der Waals surface area contributed by atoms with Crippen molar-refractivity contribution in [3.05, 3.63) is 64.8 Å². The molecule has 0 aliphatic heterocycles. The van der Waals surface area contributed by atoms with Crippen molar-refractivity contribution in [3.8, 4) is 5.69 Å². The van der Waals surface area contributed by atoms with E-state index in [0.717, 1.165) is 17.0 Å². The van der Waals surface area contributed by atoms with Crippen LogP contribution in [0.1, 0.15) is 29.9 Å². The van der Waals surface area contributed by atoms with Crippen LogP contribution in [0.4, 0.5) is 0 Å². The van der Waals surface area contributed by atoms with Crippen molar-refractivity contribution < 1.29 is 17.9 Å². The average molecular weight is 420 g/mol. The molecule has 148 valence electrons. The summed E-state index contributed by atoms with van der Waals surface area (Å²) >= 11 is 1.08. The number of esters is 1. The van der Waals surface area contributed by atoms with Crippen LogP contribution in [-0.4, -0.2) is 30.8 Å². The molecule has 28 heavy (non-hydrogen) atoms. The number of carbonyl (C=O) groups is 1. The summed E-state index contributed by atoms with van der Waals surface area (Å²) in [6.07, 6.45) is 0. The highest BCUT2D eigenvalue weighted by Gasteiger charge is 2.33. The number of para-hydroxylation sites is 1. The van der Waals surface area contributed by atoms with E-state index in [1.165, 1.54) is 6.07 Å². The van der Waals surface area contributed by atoms with Crippen LogP contribution in [0.5, 0.6) is 0 Å². The number of hydrogen-bond acceptors (Lipinski definition) is 6. The summed E-state index contributed by atoms with van der Waals surface area (Å²) in [4.78, 5) is 12.7. The Morgan fingerprint density at radius 3 is 2.54 bits per heavy atom. The van der Waals surface area contributed by atoms with Gasteiger partial charge in [0.15, 0.2) is 0 Å². The Hall–Kier alpha value is -2.49. The summed E-state index contributed by atoms with van der Waals surface area (Å²) in [5, 5.41) is 6.18. The molecule has 0 aliphatic rings. The molecule has 0 radical (unpaired) electrons. The van der Waals surface area contributed by atoms with Gasteiger partial charge in [0.1, 0.15) is 10.3 Å². The predicted molar refractivity (Wildman–Crippen MR) is 107 cm³/mol. The zero-order chi connectivity index (χ0) is 20.3. The molecule has 2 heterocycles. The normalized spacial score (nSPS) is 12.7. The molecular formula is C19H21N3O4S2. The van der Waals surface area contributed by atoms with E-state index in [2.05, 4.69) is 9.82 Å². The average Bonchev–Trinajstić information content (AvgIpc) is 3.30. The first kappa shape index (κ1) is 20.2. The number of sulfonamides is 1. The van der Waals surface area contributed by atoms with E-state index in [0.29, 0.717) is 17.0 Å². The minimum Gasteiger partial charge on any atom is -0.465 e. The van der Waals surface area contributed by atoms with Crippen molar-refractivity contribution in [2.45, 2.75) is 31.0 Å². The number of aromatic nitrogens is 2. The summed E-state index contributed by atoms with van der Waals surface area (Å²) in [7, 11) is -3.89. The Morgan fingerprint density at radius 2 is 1.93 bits per heavy atom. The summed E-state index contributed by atoms with van der Waals surface area (Å²) in [5.41, 5.74) is 2.52. The van der Waals surface area contributed by atoms with E-state index in [4.69, 9.17) is 4.74 Å². The lowest BCUT2D eigenvalue weighted by Crippen LogP contribution is -2.35. The second-order valence-electron chi connectivity index (χ2n) is 6.07. The molecule has 0 amide bonds. The van der Waals surface area contributed by atoms with Gasteiger partial charge in [-0.2, -0.15) is 9.82 Å². The SMILES string of the molecule is CCOC(=O)[C@H](NS(=O)(=O)c1cccs1)c1c(C)nn(-c2ccccc2)c1C. The lowest BCUT2D eigenvalue weighted by atomic mass is 10.1. The van der Waals surface area contributed by atoms with E-state index < -0.39 is 22.0 Å². The molecule has 0 saturated heterocycles. The molecule has 0 saturated carbocycles. The largest absolute Gasteiger partial charge is 0.465 e. The quantitative estimate of drug-likeness (QED) is 0.594. The third-order valence-electron chi connectivity index (χ3n) is 4.19. The first-order valence-electron chi connectivity index (χ1n) is 8.69. The van der Waals surface area contributed by atoms with Gasteiger partial charge in [0, 0.05) is 11.3 Å². The molecule has 9 heteroatoms. The summed E-state index contributed by atoms with van der Waals surface area (Å²) in [6.45, 7) is 5.36. The van der Waals surface area contributed by atoms with Gasteiger partial charge in [0.25, 0.3) is 10.0 Å². The minimum absolute atomic E-state index is 0.132. The highest BCUT2D eigenvalue weighted by molar-refractivity contribution is 7.91. The maximum atomic E-state index is 12.7. The molecule has 1 aromatic carbocycles. The molecule has 2 aromatic heterocycles. The van der Waals surface area contributed by atoms with E-state index >= 15 is 0 Å². The van der Waals surface area contributed by atoms with Gasteiger partial charge in [0.05, 0.1) is 18.0 Å². The van der Waals surface area contributed by atoms with Gasteiger partial charge in [-0.1, -0.05) is 24.3 Å². The van der Waals surface area contributed by atoms with E-state index in [1.54, 1.807) is 36.9 Å². The van der Waals surface area contributed by atoms with Crippen LogP contribution in [-0.2, 0) is 19.6 Å². The Bertz CT molecular complexity index is 1060. The number of nitrogens with one attached hydrogen (secondary N) is 1. The molecule has 1 N–H and O–H groups in total. The number of hydrogen-bond donors (Lipinski definition) is 1. The summed E-state index contributed by atoms with van der Waals surface area (Å²) in [6, 6.07) is 11.4. The van der Waals surface area contributed by atoms with Gasteiger partial charge < -0.3 is 4.74 Å². The fraction of sp³-hybridized carbons (Fsp3) is 0.263. The van der Waals surface area contributed by atoms with Crippen molar-refractivity contribution in [3.63, 3.8) is 0 Å². The van der Waals surface area contributed by atoms with Gasteiger partial charge in [-0.05, 0) is 44.4 Å². The molecule has 3 rings (SSSR count). The number of nitrogens with zero attached hydrogens (tertiary/aromatic N) is 2. The first-order chi connectivity index (χ1) is 13.3. The molecule has 0 unspecified atom stereocenters. The summed E-state index contributed by atoms with van der Waals surface area (Å²) < 4.78 is 35.0. The highest BCUT2D eigenvalue weighted by atomic mass is 32.2. The van der Waals surface area contributed by atoms with Gasteiger partial charge in [0.2, 0.25) is 0 Å². The number of carbonyl (C=O) groups excluding carboxylic acids is 1. The van der Waals surface area contributed by atoms with E-state index in [1.807, 2.05) is 30.3 Å². The molecule has 3 aromatic rings.